The lowest BCUT2D eigenvalue weighted by Gasteiger charge is -2.30. The summed E-state index contributed by atoms with van der Waals surface area (Å²) in [6.45, 7) is 0.461. The minimum Gasteiger partial charge on any atom is -0.339 e. The van der Waals surface area contributed by atoms with E-state index in [0.29, 0.717) is 12.4 Å². The van der Waals surface area contributed by atoms with Crippen molar-refractivity contribution in [1.82, 2.24) is 10.6 Å². The highest BCUT2D eigenvalue weighted by atomic mass is 16.2. The van der Waals surface area contributed by atoms with Crippen molar-refractivity contribution < 1.29 is 4.79 Å². The SMILES string of the molecule is NC1NC(=O)C2N=C(c3ccccc3)CN=C2N1. The molecular formula is C12H13N5O. The van der Waals surface area contributed by atoms with Crippen LogP contribution in [0.15, 0.2) is 40.3 Å². The van der Waals surface area contributed by atoms with Gasteiger partial charge < -0.3 is 10.6 Å². The summed E-state index contributed by atoms with van der Waals surface area (Å²) < 4.78 is 0. The van der Waals surface area contributed by atoms with Crippen molar-refractivity contribution in [3.63, 3.8) is 0 Å². The fourth-order valence-electron chi connectivity index (χ4n) is 2.04. The van der Waals surface area contributed by atoms with Crippen LogP contribution in [0.2, 0.25) is 0 Å². The van der Waals surface area contributed by atoms with Gasteiger partial charge in [-0.05, 0) is 5.56 Å². The topological polar surface area (TPSA) is 91.9 Å². The van der Waals surface area contributed by atoms with Gasteiger partial charge in [0, 0.05) is 0 Å². The minimum atomic E-state index is -0.603. The molecule has 1 saturated heterocycles. The standard InChI is InChI=1S/C12H13N5O/c13-12-16-10-9(11(18)17-12)15-8(6-14-10)7-4-2-1-3-5-7/h1-5,9,12H,6,13H2,(H,14,16)(H,17,18). The maximum Gasteiger partial charge on any atom is 0.255 e. The van der Waals surface area contributed by atoms with Gasteiger partial charge in [0.05, 0.1) is 12.3 Å². The molecule has 1 fully saturated rings. The first-order chi connectivity index (χ1) is 8.74. The molecule has 18 heavy (non-hydrogen) atoms. The first-order valence-electron chi connectivity index (χ1n) is 5.73. The summed E-state index contributed by atoms with van der Waals surface area (Å²) in [7, 11) is 0. The molecule has 92 valence electrons. The highest BCUT2D eigenvalue weighted by molar-refractivity contribution is 6.15. The quantitative estimate of drug-likeness (QED) is 0.604. The van der Waals surface area contributed by atoms with Gasteiger partial charge in [-0.15, -0.1) is 0 Å². The summed E-state index contributed by atoms with van der Waals surface area (Å²) in [5, 5.41) is 5.50. The summed E-state index contributed by atoms with van der Waals surface area (Å²) in [5.41, 5.74) is 7.41. The maximum absolute atomic E-state index is 11.8. The summed E-state index contributed by atoms with van der Waals surface area (Å²) in [6.07, 6.45) is -0.582. The Morgan fingerprint density at radius 3 is 2.78 bits per heavy atom. The van der Waals surface area contributed by atoms with E-state index in [1.54, 1.807) is 0 Å². The Balaban J connectivity index is 1.90. The second-order valence-corrected chi connectivity index (χ2v) is 4.18. The van der Waals surface area contributed by atoms with Crippen LogP contribution in [-0.2, 0) is 4.79 Å². The molecule has 1 aromatic rings. The normalized spacial score (nSPS) is 26.4. The first kappa shape index (κ1) is 10.9. The Morgan fingerprint density at radius 1 is 1.22 bits per heavy atom. The van der Waals surface area contributed by atoms with Crippen LogP contribution in [-0.4, -0.2) is 36.3 Å². The van der Waals surface area contributed by atoms with Gasteiger partial charge in [0.15, 0.2) is 12.3 Å². The van der Waals surface area contributed by atoms with Crippen LogP contribution in [0, 0.1) is 0 Å². The molecule has 1 amide bonds. The summed E-state index contributed by atoms with van der Waals surface area (Å²) in [6, 6.07) is 9.13. The third kappa shape index (κ3) is 1.86. The molecule has 6 nitrogen and oxygen atoms in total. The average molecular weight is 243 g/mol. The van der Waals surface area contributed by atoms with E-state index in [9.17, 15) is 4.79 Å². The molecule has 0 aliphatic carbocycles. The Labute approximate surface area is 104 Å². The van der Waals surface area contributed by atoms with E-state index in [4.69, 9.17) is 5.73 Å². The van der Waals surface area contributed by atoms with Gasteiger partial charge in [0.1, 0.15) is 5.84 Å². The van der Waals surface area contributed by atoms with Crippen LogP contribution >= 0.6 is 0 Å². The van der Waals surface area contributed by atoms with Gasteiger partial charge in [0.25, 0.3) is 5.91 Å². The molecule has 2 aliphatic rings. The van der Waals surface area contributed by atoms with E-state index in [1.165, 1.54) is 0 Å². The van der Waals surface area contributed by atoms with E-state index in [1.807, 2.05) is 30.3 Å². The molecule has 0 spiro atoms. The number of amides is 1. The lowest BCUT2D eigenvalue weighted by atomic mass is 10.1. The van der Waals surface area contributed by atoms with Crippen LogP contribution < -0.4 is 16.4 Å². The Hall–Kier alpha value is -2.21. The predicted molar refractivity (Wildman–Crippen MR) is 68.3 cm³/mol. The van der Waals surface area contributed by atoms with Crippen molar-refractivity contribution in [1.29, 1.82) is 0 Å². The summed E-state index contributed by atoms with van der Waals surface area (Å²) >= 11 is 0. The zero-order chi connectivity index (χ0) is 12.5. The Kier molecular flexibility index (Phi) is 2.56. The van der Waals surface area contributed by atoms with Crippen LogP contribution in [0.5, 0.6) is 0 Å². The lowest BCUT2D eigenvalue weighted by Crippen LogP contribution is -2.65. The summed E-state index contributed by atoms with van der Waals surface area (Å²) in [4.78, 5) is 20.6. The fraction of sp³-hybridized carbons (Fsp3) is 0.250. The van der Waals surface area contributed by atoms with Crippen molar-refractivity contribution in [2.45, 2.75) is 12.3 Å². The smallest absolute Gasteiger partial charge is 0.255 e. The van der Waals surface area contributed by atoms with Gasteiger partial charge in [-0.2, -0.15) is 0 Å². The molecule has 3 rings (SSSR count). The van der Waals surface area contributed by atoms with Crippen molar-refractivity contribution >= 4 is 17.5 Å². The molecule has 0 aromatic heterocycles. The largest absolute Gasteiger partial charge is 0.339 e. The number of aliphatic imine (C=N–C) groups is 2. The van der Waals surface area contributed by atoms with Gasteiger partial charge in [-0.25, -0.2) is 0 Å². The predicted octanol–water partition coefficient (Wildman–Crippen LogP) is -0.782. The van der Waals surface area contributed by atoms with Crippen molar-refractivity contribution in [2.75, 3.05) is 6.54 Å². The molecular weight excluding hydrogens is 230 g/mol. The molecule has 4 N–H and O–H groups in total. The third-order valence-electron chi connectivity index (χ3n) is 2.90. The second kappa shape index (κ2) is 4.23. The van der Waals surface area contributed by atoms with E-state index < -0.39 is 12.3 Å². The van der Waals surface area contributed by atoms with Gasteiger partial charge >= 0.3 is 0 Å². The second-order valence-electron chi connectivity index (χ2n) is 4.18. The number of rotatable bonds is 1. The highest BCUT2D eigenvalue weighted by Crippen LogP contribution is 2.11. The van der Waals surface area contributed by atoms with Crippen molar-refractivity contribution in [3.8, 4) is 0 Å². The lowest BCUT2D eigenvalue weighted by molar-refractivity contribution is -0.122. The number of carbonyl (C=O) groups excluding carboxylic acids is 1. The van der Waals surface area contributed by atoms with Crippen molar-refractivity contribution in [2.24, 2.45) is 15.7 Å². The van der Waals surface area contributed by atoms with E-state index in [-0.39, 0.29) is 5.91 Å². The zero-order valence-corrected chi connectivity index (χ0v) is 9.63. The monoisotopic (exact) mass is 243 g/mol. The van der Waals surface area contributed by atoms with E-state index in [0.717, 1.165) is 11.3 Å². The number of nitrogens with one attached hydrogen (secondary N) is 2. The van der Waals surface area contributed by atoms with E-state index in [2.05, 4.69) is 20.6 Å². The number of amidine groups is 1. The first-order valence-corrected chi connectivity index (χ1v) is 5.73. The molecule has 1 aromatic carbocycles. The number of carbonyl (C=O) groups is 1. The number of nitrogens with two attached hydrogens (primary N) is 1. The molecule has 0 saturated carbocycles. The number of benzene rings is 1. The average Bonchev–Trinajstić information content (AvgIpc) is 2.39. The molecule has 6 heteroatoms. The molecule has 0 bridgehead atoms. The van der Waals surface area contributed by atoms with Crippen LogP contribution in [0.25, 0.3) is 0 Å². The fourth-order valence-corrected chi connectivity index (χ4v) is 2.04. The molecule has 0 radical (unpaired) electrons. The zero-order valence-electron chi connectivity index (χ0n) is 9.63. The molecule has 2 unspecified atom stereocenters. The number of hydrogen-bond donors (Lipinski definition) is 3. The third-order valence-corrected chi connectivity index (χ3v) is 2.90. The minimum absolute atomic E-state index is 0.215. The molecule has 2 heterocycles. The van der Waals surface area contributed by atoms with Crippen molar-refractivity contribution in [3.05, 3.63) is 35.9 Å². The van der Waals surface area contributed by atoms with Crippen LogP contribution in [0.3, 0.4) is 0 Å². The highest BCUT2D eigenvalue weighted by Gasteiger charge is 2.33. The maximum atomic E-state index is 11.8. The van der Waals surface area contributed by atoms with Crippen LogP contribution in [0.1, 0.15) is 5.56 Å². The summed E-state index contributed by atoms with van der Waals surface area (Å²) in [5.74, 6) is 0.332. The van der Waals surface area contributed by atoms with Crippen LogP contribution in [0.4, 0.5) is 0 Å². The van der Waals surface area contributed by atoms with Gasteiger partial charge in [-0.1, -0.05) is 30.3 Å². The van der Waals surface area contributed by atoms with Gasteiger partial charge in [-0.3, -0.25) is 20.5 Å². The number of fused-ring (bicyclic) bond motifs is 1. The molecule has 2 atom stereocenters. The number of hydrogen-bond acceptors (Lipinski definition) is 5. The molecule has 2 aliphatic heterocycles. The Bertz CT molecular complexity index is 537. The Morgan fingerprint density at radius 2 is 2.00 bits per heavy atom. The number of nitrogens with zero attached hydrogens (tertiary/aromatic N) is 2. The van der Waals surface area contributed by atoms with Gasteiger partial charge in [0.2, 0.25) is 0 Å². The van der Waals surface area contributed by atoms with E-state index >= 15 is 0 Å².